The van der Waals surface area contributed by atoms with Crippen molar-refractivity contribution < 1.29 is 18.9 Å². The van der Waals surface area contributed by atoms with Gasteiger partial charge in [0.15, 0.2) is 0 Å². The first-order valence-electron chi connectivity index (χ1n) is 8.97. The van der Waals surface area contributed by atoms with Crippen LogP contribution in [0.3, 0.4) is 0 Å². The predicted molar refractivity (Wildman–Crippen MR) is 109 cm³/mol. The Balaban J connectivity index is 2.02. The molecule has 0 fully saturated rings. The second-order valence-corrected chi connectivity index (χ2v) is 6.48. The van der Waals surface area contributed by atoms with Crippen molar-refractivity contribution in [2.75, 3.05) is 28.4 Å². The summed E-state index contributed by atoms with van der Waals surface area (Å²) < 4.78 is 21.1. The highest BCUT2D eigenvalue weighted by atomic mass is 16.5. The van der Waals surface area contributed by atoms with Crippen LogP contribution in [0.2, 0.25) is 0 Å². The van der Waals surface area contributed by atoms with Gasteiger partial charge in [-0.3, -0.25) is 9.59 Å². The van der Waals surface area contributed by atoms with E-state index in [1.165, 1.54) is 28.4 Å². The SMILES string of the molecule is COc1cc(OC)cc(-c2nc(=O)c3c(-c4cc(OC)cc(OC)c4)nc(=O)c2=3)c1. The zero-order chi connectivity index (χ0) is 21.4. The minimum Gasteiger partial charge on any atom is -0.497 e. The highest BCUT2D eigenvalue weighted by Crippen LogP contribution is 2.32. The first-order chi connectivity index (χ1) is 14.5. The summed E-state index contributed by atoms with van der Waals surface area (Å²) in [5, 5.41) is 0.319. The Hall–Kier alpha value is -3.94. The van der Waals surface area contributed by atoms with Gasteiger partial charge in [0.1, 0.15) is 23.0 Å². The first-order valence-corrected chi connectivity index (χ1v) is 8.97. The molecule has 0 unspecified atom stereocenters. The minimum atomic E-state index is -0.534. The summed E-state index contributed by atoms with van der Waals surface area (Å²) in [6.45, 7) is 0. The van der Waals surface area contributed by atoms with Gasteiger partial charge in [-0.15, -0.1) is 0 Å². The van der Waals surface area contributed by atoms with Crippen molar-refractivity contribution in [2.45, 2.75) is 0 Å². The lowest BCUT2D eigenvalue weighted by Crippen LogP contribution is -2.05. The van der Waals surface area contributed by atoms with Crippen LogP contribution in [0, 0.1) is 10.4 Å². The van der Waals surface area contributed by atoms with E-state index >= 15 is 0 Å². The van der Waals surface area contributed by atoms with Gasteiger partial charge < -0.3 is 18.9 Å². The van der Waals surface area contributed by atoms with Crippen LogP contribution in [0.5, 0.6) is 23.0 Å². The molecule has 0 amide bonds. The van der Waals surface area contributed by atoms with Crippen molar-refractivity contribution in [1.29, 1.82) is 0 Å². The van der Waals surface area contributed by atoms with Crippen LogP contribution in [-0.2, 0) is 0 Å². The van der Waals surface area contributed by atoms with E-state index in [1.54, 1.807) is 36.4 Å². The first kappa shape index (κ1) is 19.4. The van der Waals surface area contributed by atoms with Crippen LogP contribution in [0.1, 0.15) is 0 Å². The number of hydrogen-bond donors (Lipinski definition) is 0. The van der Waals surface area contributed by atoms with E-state index in [9.17, 15) is 9.59 Å². The molecule has 8 heteroatoms. The highest BCUT2D eigenvalue weighted by molar-refractivity contribution is 5.70. The van der Waals surface area contributed by atoms with Gasteiger partial charge in [0.2, 0.25) is 0 Å². The number of methoxy groups -OCH3 is 4. The van der Waals surface area contributed by atoms with Crippen molar-refractivity contribution in [2.24, 2.45) is 0 Å². The normalized spacial score (nSPS) is 10.9. The maximum Gasteiger partial charge on any atom is 0.280 e. The molecule has 0 saturated carbocycles. The third-order valence-electron chi connectivity index (χ3n) is 4.83. The lowest BCUT2D eigenvalue weighted by atomic mass is 10.1. The molecule has 152 valence electrons. The number of hydrogen-bond acceptors (Lipinski definition) is 8. The van der Waals surface area contributed by atoms with Crippen LogP contribution in [0.15, 0.2) is 46.0 Å². The Labute approximate surface area is 171 Å². The maximum atomic E-state index is 12.8. The molecule has 2 aromatic rings. The topological polar surface area (TPSA) is 96.8 Å². The van der Waals surface area contributed by atoms with Crippen LogP contribution in [0.4, 0.5) is 0 Å². The fraction of sp³-hybridized carbons (Fsp3) is 0.182. The summed E-state index contributed by atoms with van der Waals surface area (Å²) in [4.78, 5) is 33.8. The fourth-order valence-corrected chi connectivity index (χ4v) is 3.39. The monoisotopic (exact) mass is 406 g/mol. The number of benzene rings is 2. The van der Waals surface area contributed by atoms with Gasteiger partial charge in [-0.1, -0.05) is 0 Å². The lowest BCUT2D eigenvalue weighted by Gasteiger charge is -2.06. The van der Waals surface area contributed by atoms with Crippen molar-refractivity contribution in [3.8, 4) is 45.5 Å². The molecule has 0 saturated heterocycles. The van der Waals surface area contributed by atoms with Crippen molar-refractivity contribution in [3.05, 3.63) is 67.5 Å². The van der Waals surface area contributed by atoms with Gasteiger partial charge in [0.05, 0.1) is 50.3 Å². The molecule has 0 atom stereocenters. The average Bonchev–Trinajstić information content (AvgIpc) is 3.31. The van der Waals surface area contributed by atoms with E-state index in [-0.39, 0.29) is 21.8 Å². The summed E-state index contributed by atoms with van der Waals surface area (Å²) in [6.07, 6.45) is 0. The molecule has 2 aromatic carbocycles. The van der Waals surface area contributed by atoms with Gasteiger partial charge in [0.25, 0.3) is 11.1 Å². The molecular formula is C22H18N2O6. The van der Waals surface area contributed by atoms with Crippen LogP contribution >= 0.6 is 0 Å². The summed E-state index contributed by atoms with van der Waals surface area (Å²) in [5.41, 5.74) is 0.466. The van der Waals surface area contributed by atoms with Gasteiger partial charge in [0, 0.05) is 23.3 Å². The van der Waals surface area contributed by atoms with Gasteiger partial charge in [-0.25, -0.2) is 9.97 Å². The Kier molecular flexibility index (Phi) is 4.83. The van der Waals surface area contributed by atoms with Gasteiger partial charge in [-0.2, -0.15) is 0 Å². The van der Waals surface area contributed by atoms with Crippen molar-refractivity contribution in [1.82, 2.24) is 9.97 Å². The molecule has 0 spiro atoms. The number of nitrogens with zero attached hydrogens (tertiary/aromatic N) is 2. The van der Waals surface area contributed by atoms with Crippen LogP contribution in [0.25, 0.3) is 22.5 Å². The second-order valence-electron chi connectivity index (χ2n) is 6.48. The third kappa shape index (κ3) is 3.12. The zero-order valence-corrected chi connectivity index (χ0v) is 16.8. The molecule has 2 aliphatic heterocycles. The van der Waals surface area contributed by atoms with E-state index in [4.69, 9.17) is 18.9 Å². The number of rotatable bonds is 6. The molecule has 0 aromatic heterocycles. The predicted octanol–water partition coefficient (Wildman–Crippen LogP) is 2.17. The molecule has 2 aliphatic rings. The van der Waals surface area contributed by atoms with E-state index in [2.05, 4.69) is 9.97 Å². The van der Waals surface area contributed by atoms with Crippen molar-refractivity contribution >= 4 is 0 Å². The molecular weight excluding hydrogens is 388 g/mol. The van der Waals surface area contributed by atoms with Crippen molar-refractivity contribution in [3.63, 3.8) is 0 Å². The highest BCUT2D eigenvalue weighted by Gasteiger charge is 2.21. The summed E-state index contributed by atoms with van der Waals surface area (Å²) in [5.74, 6) is 2.05. The van der Waals surface area contributed by atoms with Gasteiger partial charge in [-0.05, 0) is 24.3 Å². The standard InChI is InChI=1S/C22H18N2O6/c1-27-13-5-11(6-14(9-13)28-2)19-17-18(22(26)23-19)20(24-21(17)25)12-7-15(29-3)10-16(8-12)30-4/h5-10H,1-4H3. The summed E-state index contributed by atoms with van der Waals surface area (Å²) in [6, 6.07) is 10.1. The largest absolute Gasteiger partial charge is 0.497 e. The van der Waals surface area contributed by atoms with E-state index in [0.29, 0.717) is 34.1 Å². The van der Waals surface area contributed by atoms with Crippen LogP contribution in [-0.4, -0.2) is 38.4 Å². The van der Waals surface area contributed by atoms with Gasteiger partial charge >= 0.3 is 0 Å². The summed E-state index contributed by atoms with van der Waals surface area (Å²) >= 11 is 0. The molecule has 4 rings (SSSR count). The Morgan fingerprint density at radius 3 is 1.10 bits per heavy atom. The number of aromatic nitrogens is 2. The molecule has 30 heavy (non-hydrogen) atoms. The molecule has 0 radical (unpaired) electrons. The quantitative estimate of drug-likeness (QED) is 0.481. The number of ether oxygens (including phenoxy) is 4. The smallest absolute Gasteiger partial charge is 0.280 e. The Bertz CT molecular complexity index is 1240. The lowest BCUT2D eigenvalue weighted by molar-refractivity contribution is 0.394. The molecule has 2 heterocycles. The minimum absolute atomic E-state index is 0.159. The Morgan fingerprint density at radius 1 is 0.533 bits per heavy atom. The molecule has 8 nitrogen and oxygen atoms in total. The maximum absolute atomic E-state index is 12.8. The second kappa shape index (κ2) is 7.47. The molecule has 0 bridgehead atoms. The van der Waals surface area contributed by atoms with E-state index in [1.807, 2.05) is 0 Å². The zero-order valence-electron chi connectivity index (χ0n) is 16.8. The Morgan fingerprint density at radius 2 is 0.833 bits per heavy atom. The third-order valence-corrected chi connectivity index (χ3v) is 4.83. The van der Waals surface area contributed by atoms with E-state index in [0.717, 1.165) is 0 Å². The van der Waals surface area contributed by atoms with Crippen LogP contribution < -0.4 is 30.1 Å². The average molecular weight is 406 g/mol. The fourth-order valence-electron chi connectivity index (χ4n) is 3.39. The molecule has 0 aliphatic carbocycles. The summed E-state index contributed by atoms with van der Waals surface area (Å²) in [7, 11) is 6.07. The molecule has 0 N–H and O–H groups in total. The van der Waals surface area contributed by atoms with E-state index < -0.39 is 11.1 Å².